The van der Waals surface area contributed by atoms with Crippen LogP contribution in [0.4, 0.5) is 0 Å². The number of hydrogen-bond donors (Lipinski definition) is 6. The third-order valence-electron chi connectivity index (χ3n) is 3.49. The van der Waals surface area contributed by atoms with Crippen LogP contribution < -0.4 is 5.32 Å². The van der Waals surface area contributed by atoms with Crippen molar-refractivity contribution in [2.75, 3.05) is 13.7 Å². The van der Waals surface area contributed by atoms with Crippen molar-refractivity contribution in [1.29, 1.82) is 0 Å². The molecule has 1 fully saturated rings. The van der Waals surface area contributed by atoms with Crippen LogP contribution in [0, 0.1) is 0 Å². The predicted octanol–water partition coefficient (Wildman–Crippen LogP) is -3.22. The SMILES string of the molecule is CO[C@H](CO)[C@@H](O)[C@@H]1OC(O)(C(=O)O)C[C@H](O)[C@H]1NC(C)=O. The van der Waals surface area contributed by atoms with E-state index in [9.17, 15) is 24.9 Å². The second-order valence-electron chi connectivity index (χ2n) is 5.12. The molecule has 10 nitrogen and oxygen atoms in total. The number of carbonyl (C=O) groups excluding carboxylic acids is 1. The van der Waals surface area contributed by atoms with Gasteiger partial charge in [-0.15, -0.1) is 0 Å². The Kier molecular flexibility index (Phi) is 6.23. The zero-order valence-electron chi connectivity index (χ0n) is 12.2. The molecule has 0 bridgehead atoms. The van der Waals surface area contributed by atoms with Gasteiger partial charge in [0.25, 0.3) is 5.79 Å². The summed E-state index contributed by atoms with van der Waals surface area (Å²) in [7, 11) is 1.19. The lowest BCUT2D eigenvalue weighted by Gasteiger charge is -2.45. The fraction of sp³-hybridized carbons (Fsp3) is 0.833. The molecule has 22 heavy (non-hydrogen) atoms. The van der Waals surface area contributed by atoms with E-state index < -0.39 is 61.1 Å². The number of methoxy groups -OCH3 is 1. The first kappa shape index (κ1) is 18.7. The molecule has 1 rings (SSSR count). The van der Waals surface area contributed by atoms with E-state index in [0.717, 1.165) is 6.92 Å². The predicted molar refractivity (Wildman–Crippen MR) is 69.6 cm³/mol. The smallest absolute Gasteiger partial charge is 0.364 e. The summed E-state index contributed by atoms with van der Waals surface area (Å²) in [5, 5.41) is 50.6. The molecule has 1 aliphatic rings. The number of aliphatic hydroxyl groups excluding tert-OH is 3. The van der Waals surface area contributed by atoms with Crippen molar-refractivity contribution < 1.29 is 44.6 Å². The average molecular weight is 323 g/mol. The number of carbonyl (C=O) groups is 2. The molecule has 0 aromatic rings. The molecule has 0 spiro atoms. The second-order valence-corrected chi connectivity index (χ2v) is 5.12. The van der Waals surface area contributed by atoms with Crippen molar-refractivity contribution in [3.8, 4) is 0 Å². The fourth-order valence-corrected chi connectivity index (χ4v) is 2.34. The summed E-state index contributed by atoms with van der Waals surface area (Å²) in [5.74, 6) is -5.03. The number of aliphatic hydroxyl groups is 4. The maximum Gasteiger partial charge on any atom is 0.364 e. The topological polar surface area (TPSA) is 166 Å². The summed E-state index contributed by atoms with van der Waals surface area (Å²) < 4.78 is 9.83. The molecule has 0 aliphatic carbocycles. The van der Waals surface area contributed by atoms with Gasteiger partial charge in [0.15, 0.2) is 0 Å². The molecular formula is C12H21NO9. The molecule has 1 aliphatic heterocycles. The van der Waals surface area contributed by atoms with Crippen molar-refractivity contribution in [1.82, 2.24) is 5.32 Å². The highest BCUT2D eigenvalue weighted by molar-refractivity contribution is 5.76. The van der Waals surface area contributed by atoms with Crippen molar-refractivity contribution in [3.63, 3.8) is 0 Å². The van der Waals surface area contributed by atoms with Crippen molar-refractivity contribution in [2.24, 2.45) is 0 Å². The van der Waals surface area contributed by atoms with Gasteiger partial charge in [0, 0.05) is 20.5 Å². The van der Waals surface area contributed by atoms with E-state index in [2.05, 4.69) is 5.32 Å². The molecule has 0 aromatic carbocycles. The molecule has 6 N–H and O–H groups in total. The molecule has 10 heteroatoms. The second kappa shape index (κ2) is 7.31. The van der Waals surface area contributed by atoms with E-state index >= 15 is 0 Å². The van der Waals surface area contributed by atoms with Gasteiger partial charge in [-0.1, -0.05) is 0 Å². The zero-order chi connectivity index (χ0) is 17.1. The molecule has 0 aromatic heterocycles. The Bertz CT molecular complexity index is 413. The highest BCUT2D eigenvalue weighted by Gasteiger charge is 2.53. The van der Waals surface area contributed by atoms with Crippen molar-refractivity contribution >= 4 is 11.9 Å². The summed E-state index contributed by atoms with van der Waals surface area (Å²) in [6, 6.07) is -1.18. The lowest BCUT2D eigenvalue weighted by Crippen LogP contribution is -2.67. The zero-order valence-corrected chi connectivity index (χ0v) is 12.2. The van der Waals surface area contributed by atoms with Gasteiger partial charge >= 0.3 is 5.97 Å². The van der Waals surface area contributed by atoms with Crippen LogP contribution in [0.3, 0.4) is 0 Å². The van der Waals surface area contributed by atoms with Crippen LogP contribution in [-0.2, 0) is 19.1 Å². The standard InChI is InChI=1S/C12H21NO9/c1-5(15)13-8-6(16)3-12(20,11(18)19)22-10(8)9(17)7(4-14)21-2/h6-10,14,16-17,20H,3-4H2,1-2H3,(H,13,15)(H,18,19)/t6-,7+,8+,9+,10+,12?/m0/s1. The monoisotopic (exact) mass is 323 g/mol. The number of amides is 1. The summed E-state index contributed by atoms with van der Waals surface area (Å²) in [6.07, 6.45) is -6.47. The van der Waals surface area contributed by atoms with E-state index in [1.807, 2.05) is 0 Å². The molecule has 0 saturated carbocycles. The quantitative estimate of drug-likeness (QED) is 0.295. The number of aliphatic carboxylic acids is 1. The first-order valence-electron chi connectivity index (χ1n) is 6.56. The number of hydrogen-bond acceptors (Lipinski definition) is 8. The lowest BCUT2D eigenvalue weighted by molar-refractivity contribution is -0.295. The molecule has 0 radical (unpaired) electrons. The van der Waals surface area contributed by atoms with Gasteiger partial charge in [-0.25, -0.2) is 4.79 Å². The number of rotatable bonds is 6. The van der Waals surface area contributed by atoms with Gasteiger partial charge in [0.2, 0.25) is 5.91 Å². The molecule has 1 unspecified atom stereocenters. The summed E-state index contributed by atoms with van der Waals surface area (Å²) in [4.78, 5) is 22.3. The number of carboxylic acid groups (broad SMARTS) is 1. The Hall–Kier alpha value is -1.30. The van der Waals surface area contributed by atoms with Gasteiger partial charge in [-0.3, -0.25) is 4.79 Å². The van der Waals surface area contributed by atoms with E-state index in [4.69, 9.17) is 19.7 Å². The van der Waals surface area contributed by atoms with Gasteiger partial charge in [-0.2, -0.15) is 0 Å². The van der Waals surface area contributed by atoms with Gasteiger partial charge in [-0.05, 0) is 0 Å². The van der Waals surface area contributed by atoms with E-state index in [-0.39, 0.29) is 0 Å². The Labute approximate surface area is 126 Å². The fourth-order valence-electron chi connectivity index (χ4n) is 2.34. The van der Waals surface area contributed by atoms with Crippen LogP contribution in [-0.4, -0.2) is 87.4 Å². The number of ether oxygens (including phenoxy) is 2. The normalized spacial score (nSPS) is 34.7. The molecule has 1 saturated heterocycles. The van der Waals surface area contributed by atoms with Crippen LogP contribution in [0.1, 0.15) is 13.3 Å². The largest absolute Gasteiger partial charge is 0.477 e. The highest BCUT2D eigenvalue weighted by atomic mass is 16.7. The minimum absolute atomic E-state index is 0.552. The van der Waals surface area contributed by atoms with Crippen molar-refractivity contribution in [2.45, 2.75) is 49.6 Å². The average Bonchev–Trinajstić information content (AvgIpc) is 2.42. The van der Waals surface area contributed by atoms with Gasteiger partial charge in [0.1, 0.15) is 18.3 Å². The molecule has 128 valence electrons. The Morgan fingerprint density at radius 2 is 2.09 bits per heavy atom. The van der Waals surface area contributed by atoms with Crippen LogP contribution in [0.5, 0.6) is 0 Å². The van der Waals surface area contributed by atoms with Crippen LogP contribution >= 0.6 is 0 Å². The Morgan fingerprint density at radius 3 is 2.50 bits per heavy atom. The Balaban J connectivity index is 3.10. The first-order chi connectivity index (χ1) is 10.2. The Morgan fingerprint density at radius 1 is 1.50 bits per heavy atom. The summed E-state index contributed by atoms with van der Waals surface area (Å²) >= 11 is 0. The number of nitrogens with one attached hydrogen (secondary N) is 1. The van der Waals surface area contributed by atoms with Gasteiger partial charge < -0.3 is 40.3 Å². The first-order valence-corrected chi connectivity index (χ1v) is 6.56. The maximum absolute atomic E-state index is 11.2. The third kappa shape index (κ3) is 3.91. The van der Waals surface area contributed by atoms with E-state index in [1.54, 1.807) is 0 Å². The summed E-state index contributed by atoms with van der Waals surface area (Å²) in [6.45, 7) is 0.542. The van der Waals surface area contributed by atoms with E-state index in [1.165, 1.54) is 7.11 Å². The highest BCUT2D eigenvalue weighted by Crippen LogP contribution is 2.30. The maximum atomic E-state index is 11.2. The third-order valence-corrected chi connectivity index (χ3v) is 3.49. The van der Waals surface area contributed by atoms with Crippen LogP contribution in [0.25, 0.3) is 0 Å². The molecule has 1 amide bonds. The summed E-state index contributed by atoms with van der Waals surface area (Å²) in [5.41, 5.74) is 0. The lowest BCUT2D eigenvalue weighted by atomic mass is 9.88. The van der Waals surface area contributed by atoms with Crippen LogP contribution in [0.2, 0.25) is 0 Å². The number of carboxylic acids is 1. The minimum atomic E-state index is -2.73. The minimum Gasteiger partial charge on any atom is -0.477 e. The molecule has 1 heterocycles. The van der Waals surface area contributed by atoms with Crippen LogP contribution in [0.15, 0.2) is 0 Å². The molecular weight excluding hydrogens is 302 g/mol. The van der Waals surface area contributed by atoms with Crippen molar-refractivity contribution in [3.05, 3.63) is 0 Å². The molecule has 6 atom stereocenters. The van der Waals surface area contributed by atoms with Gasteiger partial charge in [0.05, 0.1) is 18.8 Å². The van der Waals surface area contributed by atoms with E-state index in [0.29, 0.717) is 0 Å².